The topological polar surface area (TPSA) is 54.3 Å². The van der Waals surface area contributed by atoms with Gasteiger partial charge in [0.05, 0.1) is 19.8 Å². The third kappa shape index (κ3) is 6.30. The molecule has 0 spiro atoms. The van der Waals surface area contributed by atoms with Gasteiger partial charge in [-0.1, -0.05) is 57.2 Å². The van der Waals surface area contributed by atoms with Crippen LogP contribution in [0.2, 0.25) is 0 Å². The molecule has 1 atom stereocenters. The molecule has 0 bridgehead atoms. The van der Waals surface area contributed by atoms with Crippen molar-refractivity contribution in [3.8, 4) is 17.6 Å². The Bertz CT molecular complexity index is 745. The van der Waals surface area contributed by atoms with Gasteiger partial charge < -0.3 is 14.8 Å². The number of nitrogens with zero attached hydrogens (tertiary/aromatic N) is 1. The second-order valence-electron chi connectivity index (χ2n) is 7.69. The van der Waals surface area contributed by atoms with E-state index in [4.69, 9.17) is 14.7 Å². The van der Waals surface area contributed by atoms with E-state index >= 15 is 0 Å². The van der Waals surface area contributed by atoms with Gasteiger partial charge in [-0.15, -0.1) is 0 Å². The van der Waals surface area contributed by atoms with Gasteiger partial charge in [0.15, 0.2) is 11.5 Å². The Labute approximate surface area is 163 Å². The van der Waals surface area contributed by atoms with Crippen molar-refractivity contribution in [2.24, 2.45) is 5.41 Å². The molecule has 0 aliphatic rings. The summed E-state index contributed by atoms with van der Waals surface area (Å²) in [5, 5.41) is 12.3. The number of nitriles is 1. The van der Waals surface area contributed by atoms with Crippen LogP contribution in [-0.4, -0.2) is 13.7 Å². The van der Waals surface area contributed by atoms with Crippen LogP contribution in [0.3, 0.4) is 0 Å². The molecule has 1 unspecified atom stereocenters. The van der Waals surface area contributed by atoms with E-state index in [1.54, 1.807) is 7.11 Å². The smallest absolute Gasteiger partial charge is 0.161 e. The van der Waals surface area contributed by atoms with Crippen molar-refractivity contribution >= 4 is 0 Å². The van der Waals surface area contributed by atoms with Gasteiger partial charge in [-0.05, 0) is 35.1 Å². The lowest BCUT2D eigenvalue weighted by atomic mass is 9.82. The van der Waals surface area contributed by atoms with Crippen molar-refractivity contribution < 1.29 is 9.47 Å². The first-order chi connectivity index (χ1) is 13.0. The Morgan fingerprint density at radius 2 is 1.81 bits per heavy atom. The molecule has 1 N–H and O–H groups in total. The second-order valence-corrected chi connectivity index (χ2v) is 7.69. The number of hydrogen-bond donors (Lipinski definition) is 1. The maximum atomic E-state index is 8.65. The first-order valence-corrected chi connectivity index (χ1v) is 9.40. The summed E-state index contributed by atoms with van der Waals surface area (Å²) in [6, 6.07) is 18.9. The van der Waals surface area contributed by atoms with Gasteiger partial charge in [0.1, 0.15) is 0 Å². The van der Waals surface area contributed by atoms with Crippen LogP contribution < -0.4 is 14.8 Å². The molecule has 0 radical (unpaired) electrons. The second kappa shape index (κ2) is 9.99. The Kier molecular flexibility index (Phi) is 7.69. The molecule has 4 nitrogen and oxygen atoms in total. The van der Waals surface area contributed by atoms with Gasteiger partial charge >= 0.3 is 0 Å². The molecular formula is C23H30N2O2. The number of unbranched alkanes of at least 4 members (excludes halogenated alkanes) is 1. The molecular weight excluding hydrogens is 336 g/mol. The fraction of sp³-hybridized carbons (Fsp3) is 0.435. The lowest BCUT2D eigenvalue weighted by molar-refractivity contribution is 0.270. The Morgan fingerprint density at radius 1 is 1.07 bits per heavy atom. The SMILES string of the molecule is COc1ccc(CNC(c2ccccc2)C(C)(C)C)cc1OCCCC#N. The molecule has 2 aromatic rings. The third-order valence-electron chi connectivity index (χ3n) is 4.43. The van der Waals surface area contributed by atoms with Crippen molar-refractivity contribution in [3.63, 3.8) is 0 Å². The van der Waals surface area contributed by atoms with E-state index < -0.39 is 0 Å². The number of hydrogen-bond acceptors (Lipinski definition) is 4. The van der Waals surface area contributed by atoms with Gasteiger partial charge in [-0.2, -0.15) is 5.26 Å². The fourth-order valence-electron chi connectivity index (χ4n) is 3.07. The first-order valence-electron chi connectivity index (χ1n) is 9.40. The molecule has 27 heavy (non-hydrogen) atoms. The fourth-order valence-corrected chi connectivity index (χ4v) is 3.07. The van der Waals surface area contributed by atoms with Crippen LogP contribution in [0.1, 0.15) is 50.8 Å². The lowest BCUT2D eigenvalue weighted by Gasteiger charge is -2.32. The van der Waals surface area contributed by atoms with Gasteiger partial charge in [0.2, 0.25) is 0 Å². The average molecular weight is 367 g/mol. The predicted molar refractivity (Wildman–Crippen MR) is 109 cm³/mol. The zero-order valence-corrected chi connectivity index (χ0v) is 16.8. The molecule has 0 saturated carbocycles. The summed E-state index contributed by atoms with van der Waals surface area (Å²) in [7, 11) is 1.64. The number of benzene rings is 2. The zero-order valence-electron chi connectivity index (χ0n) is 16.8. The third-order valence-corrected chi connectivity index (χ3v) is 4.43. The van der Waals surface area contributed by atoms with Crippen LogP contribution in [0.15, 0.2) is 48.5 Å². The quantitative estimate of drug-likeness (QED) is 0.616. The summed E-state index contributed by atoms with van der Waals surface area (Å²) in [6.45, 7) is 7.98. The minimum absolute atomic E-state index is 0.0877. The van der Waals surface area contributed by atoms with Gasteiger partial charge in [-0.3, -0.25) is 0 Å². The summed E-state index contributed by atoms with van der Waals surface area (Å²) >= 11 is 0. The first kappa shape index (κ1) is 20.8. The lowest BCUT2D eigenvalue weighted by Crippen LogP contribution is -2.32. The minimum Gasteiger partial charge on any atom is -0.493 e. The molecule has 0 aromatic heterocycles. The molecule has 0 heterocycles. The monoisotopic (exact) mass is 366 g/mol. The highest BCUT2D eigenvalue weighted by molar-refractivity contribution is 5.43. The van der Waals surface area contributed by atoms with Gasteiger partial charge in [0, 0.05) is 19.0 Å². The van der Waals surface area contributed by atoms with Crippen LogP contribution in [0.5, 0.6) is 11.5 Å². The van der Waals surface area contributed by atoms with E-state index in [1.807, 2.05) is 18.2 Å². The Morgan fingerprint density at radius 3 is 2.44 bits per heavy atom. The van der Waals surface area contributed by atoms with E-state index in [1.165, 1.54) is 5.56 Å². The normalized spacial score (nSPS) is 12.3. The number of methoxy groups -OCH3 is 1. The molecule has 2 aromatic carbocycles. The van der Waals surface area contributed by atoms with Crippen LogP contribution >= 0.6 is 0 Å². The Hall–Kier alpha value is -2.51. The molecule has 0 saturated heterocycles. The number of ether oxygens (including phenoxy) is 2. The maximum Gasteiger partial charge on any atom is 0.161 e. The van der Waals surface area contributed by atoms with E-state index in [0.717, 1.165) is 17.9 Å². The van der Waals surface area contributed by atoms with E-state index in [0.29, 0.717) is 25.2 Å². The molecule has 2 rings (SSSR count). The van der Waals surface area contributed by atoms with Crippen molar-refractivity contribution in [1.29, 1.82) is 5.26 Å². The van der Waals surface area contributed by atoms with Crippen molar-refractivity contribution in [2.75, 3.05) is 13.7 Å². The Balaban J connectivity index is 2.10. The molecule has 144 valence electrons. The summed E-state index contributed by atoms with van der Waals surface area (Å²) in [5.74, 6) is 1.44. The average Bonchev–Trinajstić information content (AvgIpc) is 2.65. The predicted octanol–water partition coefficient (Wildman–Crippen LogP) is 5.25. The van der Waals surface area contributed by atoms with Crippen LogP contribution in [-0.2, 0) is 6.54 Å². The van der Waals surface area contributed by atoms with Crippen LogP contribution in [0, 0.1) is 16.7 Å². The molecule has 0 aliphatic heterocycles. The molecule has 0 aliphatic carbocycles. The van der Waals surface area contributed by atoms with Crippen LogP contribution in [0.25, 0.3) is 0 Å². The molecule has 0 amide bonds. The summed E-state index contributed by atoms with van der Waals surface area (Å²) in [4.78, 5) is 0. The molecule has 4 heteroatoms. The van der Waals surface area contributed by atoms with E-state index in [2.05, 4.69) is 62.5 Å². The summed E-state index contributed by atoms with van der Waals surface area (Å²) < 4.78 is 11.2. The van der Waals surface area contributed by atoms with Crippen molar-refractivity contribution in [1.82, 2.24) is 5.32 Å². The maximum absolute atomic E-state index is 8.65. The largest absolute Gasteiger partial charge is 0.493 e. The minimum atomic E-state index is 0.0877. The van der Waals surface area contributed by atoms with E-state index in [9.17, 15) is 0 Å². The molecule has 0 fully saturated rings. The summed E-state index contributed by atoms with van der Waals surface area (Å²) in [6.07, 6.45) is 1.20. The number of nitrogens with one attached hydrogen (secondary N) is 1. The van der Waals surface area contributed by atoms with Gasteiger partial charge in [-0.25, -0.2) is 0 Å². The van der Waals surface area contributed by atoms with Crippen molar-refractivity contribution in [2.45, 2.75) is 46.2 Å². The summed E-state index contributed by atoms with van der Waals surface area (Å²) in [5.41, 5.74) is 2.51. The zero-order chi connectivity index (χ0) is 19.7. The highest BCUT2D eigenvalue weighted by Crippen LogP contribution is 2.33. The van der Waals surface area contributed by atoms with E-state index in [-0.39, 0.29) is 11.5 Å². The highest BCUT2D eigenvalue weighted by atomic mass is 16.5. The van der Waals surface area contributed by atoms with Crippen molar-refractivity contribution in [3.05, 3.63) is 59.7 Å². The van der Waals surface area contributed by atoms with Crippen LogP contribution in [0.4, 0.5) is 0 Å². The van der Waals surface area contributed by atoms with Gasteiger partial charge in [0.25, 0.3) is 0 Å². The standard InChI is InChI=1S/C23H30N2O2/c1-23(2,3)22(19-10-6-5-7-11-19)25-17-18-12-13-20(26-4)21(16-18)27-15-9-8-14-24/h5-7,10-13,16,22,25H,8-9,15,17H2,1-4H3. The number of rotatable bonds is 9. The highest BCUT2D eigenvalue weighted by Gasteiger charge is 2.25.